The molecule has 0 fully saturated rings. The van der Waals surface area contributed by atoms with Gasteiger partial charge < -0.3 is 0 Å². The number of hydrogen-bond donors (Lipinski definition) is 0. The van der Waals surface area contributed by atoms with Crippen LogP contribution in [0.5, 0.6) is 0 Å². The molecule has 0 amide bonds. The Hall–Kier alpha value is -5.41. The molecule has 0 bridgehead atoms. The molecular weight excluding hydrogens is 551 g/mol. The third kappa shape index (κ3) is 4.77. The molecule has 6 aromatic carbocycles. The van der Waals surface area contributed by atoms with Crippen LogP contribution in [0.3, 0.4) is 0 Å². The van der Waals surface area contributed by atoms with Gasteiger partial charge in [-0.1, -0.05) is 176 Å². The van der Waals surface area contributed by atoms with Crippen LogP contribution in [-0.4, -0.2) is 11.1 Å². The van der Waals surface area contributed by atoms with Crippen molar-refractivity contribution < 1.29 is 4.79 Å². The largest absolute Gasteiger partial charge is 0.289 e. The fourth-order valence-electron chi connectivity index (χ4n) is 6.17. The van der Waals surface area contributed by atoms with Gasteiger partial charge in [0.2, 0.25) is 0 Å². The van der Waals surface area contributed by atoms with Crippen molar-refractivity contribution in [2.45, 2.75) is 0 Å². The second kappa shape index (κ2) is 12.1. The summed E-state index contributed by atoms with van der Waals surface area (Å²) in [5.41, 5.74) is 5.43. The zero-order chi connectivity index (χ0) is 29.8. The van der Waals surface area contributed by atoms with Crippen molar-refractivity contribution in [3.05, 3.63) is 198 Å². The first kappa shape index (κ1) is 27.4. The molecule has 0 unspecified atom stereocenters. The van der Waals surface area contributed by atoms with Crippen molar-refractivity contribution >= 4 is 45.0 Å². The molecule has 1 heterocycles. The minimum Gasteiger partial charge on any atom is -0.289 e. The molecule has 44 heavy (non-hydrogen) atoms. The quantitative estimate of drug-likeness (QED) is 0.115. The maximum Gasteiger partial charge on any atom is 0.194 e. The highest BCUT2D eigenvalue weighted by atomic mass is 31.2. The van der Waals surface area contributed by atoms with E-state index < -0.39 is 6.89 Å². The number of fused-ring (bicyclic) bond motifs is 1. The van der Waals surface area contributed by atoms with Gasteiger partial charge in [0.1, 0.15) is 0 Å². The SMILES string of the molecule is O=C(C1=P(c2ccccc2)(c2ccccc2)c2ccccc2C(C#Cc2ccccc2)=C1c1ccccc1)c1ccccc1. The van der Waals surface area contributed by atoms with Gasteiger partial charge in [0.05, 0.1) is 0 Å². The van der Waals surface area contributed by atoms with Gasteiger partial charge >= 0.3 is 0 Å². The Balaban J connectivity index is 1.75. The minimum atomic E-state index is -2.73. The van der Waals surface area contributed by atoms with Crippen molar-refractivity contribution in [1.82, 2.24) is 0 Å². The monoisotopic (exact) mass is 580 g/mol. The lowest BCUT2D eigenvalue weighted by atomic mass is 9.89. The van der Waals surface area contributed by atoms with Crippen LogP contribution < -0.4 is 15.9 Å². The molecule has 2 heteroatoms. The van der Waals surface area contributed by atoms with Crippen LogP contribution in [0.15, 0.2) is 176 Å². The summed E-state index contributed by atoms with van der Waals surface area (Å²) in [7, 11) is 0. The lowest BCUT2D eigenvalue weighted by Crippen LogP contribution is -2.38. The summed E-state index contributed by atoms with van der Waals surface area (Å²) in [4.78, 5) is 15.3. The van der Waals surface area contributed by atoms with Crippen molar-refractivity contribution in [2.24, 2.45) is 0 Å². The second-order valence-corrected chi connectivity index (χ2v) is 13.9. The third-order valence-electron chi connectivity index (χ3n) is 8.06. The van der Waals surface area contributed by atoms with Gasteiger partial charge in [-0.05, 0) is 46.1 Å². The van der Waals surface area contributed by atoms with Crippen LogP contribution in [0.1, 0.15) is 27.0 Å². The van der Waals surface area contributed by atoms with Crippen molar-refractivity contribution in [2.75, 3.05) is 0 Å². The lowest BCUT2D eigenvalue weighted by molar-refractivity contribution is 0.106. The number of rotatable bonds is 5. The molecule has 0 spiro atoms. The molecule has 208 valence electrons. The Morgan fingerprint density at radius 1 is 0.477 bits per heavy atom. The molecule has 0 N–H and O–H groups in total. The molecule has 0 saturated carbocycles. The molecule has 1 nitrogen and oxygen atoms in total. The maximum atomic E-state index is 15.3. The second-order valence-electron chi connectivity index (χ2n) is 10.6. The van der Waals surface area contributed by atoms with Crippen molar-refractivity contribution in [3.63, 3.8) is 0 Å². The number of carbonyl (C=O) groups excluding carboxylic acids is 1. The molecule has 6 aromatic rings. The summed E-state index contributed by atoms with van der Waals surface area (Å²) in [6, 6.07) is 59.9. The molecule has 1 aliphatic rings. The molecule has 1 aliphatic heterocycles. The van der Waals surface area contributed by atoms with Gasteiger partial charge in [0, 0.05) is 27.6 Å². The predicted octanol–water partition coefficient (Wildman–Crippen LogP) is 8.01. The van der Waals surface area contributed by atoms with Gasteiger partial charge in [0.25, 0.3) is 0 Å². The maximum absolute atomic E-state index is 15.3. The van der Waals surface area contributed by atoms with Crippen LogP contribution in [0.25, 0.3) is 11.1 Å². The fraction of sp³-hybridized carbons (Fsp3) is 0. The molecule has 0 aliphatic carbocycles. The van der Waals surface area contributed by atoms with Gasteiger partial charge in [-0.3, -0.25) is 4.79 Å². The Kier molecular flexibility index (Phi) is 7.52. The molecular formula is C42H29OP. The van der Waals surface area contributed by atoms with Gasteiger partial charge in [-0.25, -0.2) is 0 Å². The topological polar surface area (TPSA) is 17.1 Å². The normalized spacial score (nSPS) is 13.4. The number of carbonyl (C=O) groups is 1. The van der Waals surface area contributed by atoms with E-state index in [1.807, 2.05) is 91.0 Å². The standard InChI is InChI=1S/C42H29OP/c43-41(34-22-10-3-11-23-34)42-40(33-20-8-2-9-21-33)38(31-30-32-18-6-1-7-19-32)37-28-16-17-29-39(37)44(42,35-24-12-4-13-25-35)36-26-14-5-15-27-36/h1-29H. The van der Waals surface area contributed by atoms with Crippen molar-refractivity contribution in [3.8, 4) is 11.8 Å². The number of hydrogen-bond acceptors (Lipinski definition) is 1. The van der Waals surface area contributed by atoms with Gasteiger partial charge in [0.15, 0.2) is 5.78 Å². The highest BCUT2D eigenvalue weighted by Crippen LogP contribution is 2.54. The fourth-order valence-corrected chi connectivity index (χ4v) is 10.9. The highest BCUT2D eigenvalue weighted by molar-refractivity contribution is 7.97. The molecule has 0 radical (unpaired) electrons. The van der Waals surface area contributed by atoms with Crippen LogP contribution in [0, 0.1) is 11.8 Å². The number of Topliss-reactive ketones (excluding diaryl/α,β-unsaturated/α-hetero) is 1. The zero-order valence-corrected chi connectivity index (χ0v) is 25.0. The summed E-state index contributed by atoms with van der Waals surface area (Å²) in [5, 5.41) is 4.24. The zero-order valence-electron chi connectivity index (χ0n) is 24.1. The Bertz CT molecular complexity index is 2060. The Morgan fingerprint density at radius 3 is 1.55 bits per heavy atom. The van der Waals surface area contributed by atoms with Crippen LogP contribution in [-0.2, 0) is 0 Å². The third-order valence-corrected chi connectivity index (χ3v) is 12.4. The average Bonchev–Trinajstić information content (AvgIpc) is 3.11. The van der Waals surface area contributed by atoms with E-state index in [9.17, 15) is 0 Å². The summed E-state index contributed by atoms with van der Waals surface area (Å²) < 4.78 is 0. The smallest absolute Gasteiger partial charge is 0.194 e. The number of ketones is 1. The van der Waals surface area contributed by atoms with E-state index in [1.165, 1.54) is 0 Å². The molecule has 0 atom stereocenters. The summed E-state index contributed by atoms with van der Waals surface area (Å²) in [6.07, 6.45) is 0. The molecule has 0 saturated heterocycles. The van der Waals surface area contributed by atoms with Crippen LogP contribution >= 0.6 is 6.89 Å². The number of allylic oxidation sites excluding steroid dienone is 2. The average molecular weight is 581 g/mol. The minimum absolute atomic E-state index is 0.0269. The summed E-state index contributed by atoms with van der Waals surface area (Å²) in [6.45, 7) is -2.73. The van der Waals surface area contributed by atoms with E-state index >= 15 is 4.79 Å². The van der Waals surface area contributed by atoms with E-state index in [-0.39, 0.29) is 5.78 Å². The Morgan fingerprint density at radius 2 is 0.955 bits per heavy atom. The van der Waals surface area contributed by atoms with E-state index in [1.54, 1.807) is 0 Å². The van der Waals surface area contributed by atoms with E-state index in [0.717, 1.165) is 49.0 Å². The van der Waals surface area contributed by atoms with E-state index in [2.05, 4.69) is 96.8 Å². The van der Waals surface area contributed by atoms with Gasteiger partial charge in [-0.2, -0.15) is 0 Å². The first-order valence-corrected chi connectivity index (χ1v) is 16.5. The van der Waals surface area contributed by atoms with E-state index in [4.69, 9.17) is 0 Å². The predicted molar refractivity (Wildman–Crippen MR) is 188 cm³/mol. The lowest BCUT2D eigenvalue weighted by Gasteiger charge is -2.38. The molecule has 0 aromatic heterocycles. The first-order valence-electron chi connectivity index (χ1n) is 14.7. The molecule has 7 rings (SSSR count). The highest BCUT2D eigenvalue weighted by Gasteiger charge is 2.41. The Labute approximate surface area is 259 Å². The first-order chi connectivity index (χ1) is 21.8. The van der Waals surface area contributed by atoms with Crippen LogP contribution in [0.2, 0.25) is 0 Å². The van der Waals surface area contributed by atoms with E-state index in [0.29, 0.717) is 5.56 Å². The number of benzene rings is 6. The summed E-state index contributed by atoms with van der Waals surface area (Å²) >= 11 is 0. The van der Waals surface area contributed by atoms with Crippen molar-refractivity contribution in [1.29, 1.82) is 0 Å². The van der Waals surface area contributed by atoms with Crippen LogP contribution in [0.4, 0.5) is 0 Å². The summed E-state index contributed by atoms with van der Waals surface area (Å²) in [5.74, 6) is 7.06. The van der Waals surface area contributed by atoms with Gasteiger partial charge in [-0.15, -0.1) is 0 Å².